The van der Waals surface area contributed by atoms with Gasteiger partial charge in [-0.25, -0.2) is 0 Å². The largest absolute Gasteiger partial charge is 0.396 e. The number of ketones is 1. The molecule has 0 saturated carbocycles. The van der Waals surface area contributed by atoms with Crippen LogP contribution in [0.1, 0.15) is 36.5 Å². The number of unbranched alkanes of at least 4 members (excludes halogenated alkanes) is 1. The Morgan fingerprint density at radius 1 is 1.54 bits per heavy atom. The second kappa shape index (κ2) is 4.28. The molecule has 0 saturated heterocycles. The number of Topliss-reactive ketones (excluding diaryl/α,β-unsaturated/α-hetero) is 1. The summed E-state index contributed by atoms with van der Waals surface area (Å²) in [7, 11) is 0. The summed E-state index contributed by atoms with van der Waals surface area (Å²) in [5, 5.41) is 2.28. The fourth-order valence-electron chi connectivity index (χ4n) is 1.07. The molecule has 4 N–H and O–H groups in total. The molecule has 0 aliphatic heterocycles. The predicted octanol–water partition coefficient (Wildman–Crippen LogP) is 2.29. The van der Waals surface area contributed by atoms with Crippen molar-refractivity contribution >= 4 is 27.8 Å². The maximum absolute atomic E-state index is 11.5. The third-order valence-electron chi connectivity index (χ3n) is 1.92. The highest BCUT2D eigenvalue weighted by atomic mass is 32.1. The topological polar surface area (TPSA) is 69.1 Å². The van der Waals surface area contributed by atoms with E-state index in [-0.39, 0.29) is 5.78 Å². The molecular formula is C9H14N2OS. The van der Waals surface area contributed by atoms with Gasteiger partial charge in [-0.3, -0.25) is 4.79 Å². The molecule has 1 aromatic heterocycles. The molecule has 13 heavy (non-hydrogen) atoms. The van der Waals surface area contributed by atoms with Crippen LogP contribution in [0, 0.1) is 0 Å². The van der Waals surface area contributed by atoms with Gasteiger partial charge in [0.2, 0.25) is 0 Å². The molecule has 72 valence electrons. The summed E-state index contributed by atoms with van der Waals surface area (Å²) in [5.74, 6) is 0.104. The van der Waals surface area contributed by atoms with Crippen LogP contribution in [0.5, 0.6) is 0 Å². The van der Waals surface area contributed by atoms with E-state index in [1.165, 1.54) is 11.3 Å². The second-order valence-corrected chi connectivity index (χ2v) is 3.87. The van der Waals surface area contributed by atoms with Crippen molar-refractivity contribution in [2.75, 3.05) is 11.5 Å². The van der Waals surface area contributed by atoms with Gasteiger partial charge in [-0.1, -0.05) is 13.3 Å². The van der Waals surface area contributed by atoms with Gasteiger partial charge in [-0.2, -0.15) is 0 Å². The van der Waals surface area contributed by atoms with Crippen molar-refractivity contribution in [3.05, 3.63) is 10.9 Å². The number of thiophene rings is 1. The Hall–Kier alpha value is -1.03. The summed E-state index contributed by atoms with van der Waals surface area (Å²) in [6.45, 7) is 2.05. The molecule has 1 rings (SSSR count). The number of hydrogen-bond acceptors (Lipinski definition) is 4. The van der Waals surface area contributed by atoms with Crippen molar-refractivity contribution in [2.45, 2.75) is 26.2 Å². The maximum Gasteiger partial charge on any atom is 0.165 e. The summed E-state index contributed by atoms with van der Waals surface area (Å²) in [6, 6.07) is 0. The van der Waals surface area contributed by atoms with Crippen molar-refractivity contribution in [2.24, 2.45) is 0 Å². The molecule has 0 bridgehead atoms. The van der Waals surface area contributed by atoms with Gasteiger partial charge >= 0.3 is 0 Å². The first-order chi connectivity index (χ1) is 6.16. The van der Waals surface area contributed by atoms with E-state index in [2.05, 4.69) is 6.92 Å². The molecule has 0 aliphatic carbocycles. The zero-order chi connectivity index (χ0) is 9.84. The minimum atomic E-state index is 0.104. The average molecular weight is 198 g/mol. The first kappa shape index (κ1) is 10.1. The highest BCUT2D eigenvalue weighted by Gasteiger charge is 2.12. The lowest BCUT2D eigenvalue weighted by molar-refractivity contribution is 0.0981. The van der Waals surface area contributed by atoms with Crippen molar-refractivity contribution in [1.29, 1.82) is 0 Å². The molecular weight excluding hydrogens is 184 g/mol. The lowest BCUT2D eigenvalue weighted by Crippen LogP contribution is -2.01. The van der Waals surface area contributed by atoms with Crippen LogP contribution < -0.4 is 11.5 Å². The van der Waals surface area contributed by atoms with Gasteiger partial charge in [-0.15, -0.1) is 11.3 Å². The number of carbonyl (C=O) groups is 1. The summed E-state index contributed by atoms with van der Waals surface area (Å²) in [6.07, 6.45) is 2.50. The van der Waals surface area contributed by atoms with E-state index in [0.717, 1.165) is 12.8 Å². The number of rotatable bonds is 4. The SMILES string of the molecule is CCCCC(=O)c1csc(N)c1N. The molecule has 0 unspecified atom stereocenters. The van der Waals surface area contributed by atoms with Gasteiger partial charge in [-0.05, 0) is 6.42 Å². The molecule has 1 heterocycles. The van der Waals surface area contributed by atoms with Crippen LogP contribution in [0.15, 0.2) is 5.38 Å². The molecule has 0 aliphatic rings. The van der Waals surface area contributed by atoms with Crippen LogP contribution in [-0.4, -0.2) is 5.78 Å². The van der Waals surface area contributed by atoms with Crippen LogP contribution in [0.25, 0.3) is 0 Å². The van der Waals surface area contributed by atoms with Crippen molar-refractivity contribution in [1.82, 2.24) is 0 Å². The predicted molar refractivity (Wildman–Crippen MR) is 57.0 cm³/mol. The Morgan fingerprint density at radius 2 is 2.23 bits per heavy atom. The zero-order valence-corrected chi connectivity index (χ0v) is 8.49. The van der Waals surface area contributed by atoms with E-state index >= 15 is 0 Å². The van der Waals surface area contributed by atoms with Crippen LogP contribution in [0.2, 0.25) is 0 Å². The Labute approximate surface area is 81.7 Å². The number of anilines is 2. The molecule has 0 aromatic carbocycles. The minimum absolute atomic E-state index is 0.104. The van der Waals surface area contributed by atoms with Crippen molar-refractivity contribution in [3.8, 4) is 0 Å². The summed E-state index contributed by atoms with van der Waals surface area (Å²) in [4.78, 5) is 11.5. The fraction of sp³-hybridized carbons (Fsp3) is 0.444. The minimum Gasteiger partial charge on any atom is -0.396 e. The first-order valence-electron chi connectivity index (χ1n) is 4.32. The molecule has 0 spiro atoms. The van der Waals surface area contributed by atoms with Gasteiger partial charge in [0.1, 0.15) is 5.00 Å². The van der Waals surface area contributed by atoms with Crippen LogP contribution in [0.4, 0.5) is 10.7 Å². The standard InChI is InChI=1S/C9H14N2OS/c1-2-3-4-7(12)6-5-13-9(11)8(6)10/h5H,2-4,10-11H2,1H3. The quantitative estimate of drug-likeness (QED) is 0.729. The molecule has 3 nitrogen and oxygen atoms in total. The molecule has 0 radical (unpaired) electrons. The Kier molecular flexibility index (Phi) is 3.31. The Bertz CT molecular complexity index is 307. The van der Waals surface area contributed by atoms with E-state index in [0.29, 0.717) is 22.7 Å². The van der Waals surface area contributed by atoms with E-state index in [4.69, 9.17) is 11.5 Å². The smallest absolute Gasteiger partial charge is 0.165 e. The maximum atomic E-state index is 11.5. The van der Waals surface area contributed by atoms with Crippen molar-refractivity contribution in [3.63, 3.8) is 0 Å². The zero-order valence-electron chi connectivity index (χ0n) is 7.67. The van der Waals surface area contributed by atoms with Gasteiger partial charge < -0.3 is 11.5 Å². The fourth-order valence-corrected chi connectivity index (χ4v) is 1.81. The second-order valence-electron chi connectivity index (χ2n) is 2.95. The highest BCUT2D eigenvalue weighted by molar-refractivity contribution is 7.15. The number of nitrogens with two attached hydrogens (primary N) is 2. The van der Waals surface area contributed by atoms with Crippen molar-refractivity contribution < 1.29 is 4.79 Å². The molecule has 0 amide bonds. The Balaban J connectivity index is 2.71. The van der Waals surface area contributed by atoms with Crippen LogP contribution in [0.3, 0.4) is 0 Å². The van der Waals surface area contributed by atoms with E-state index < -0.39 is 0 Å². The number of nitrogen functional groups attached to an aromatic ring is 2. The van der Waals surface area contributed by atoms with Gasteiger partial charge in [0, 0.05) is 11.8 Å². The molecule has 1 aromatic rings. The number of carbonyl (C=O) groups excluding carboxylic acids is 1. The third-order valence-corrected chi connectivity index (χ3v) is 2.74. The van der Waals surface area contributed by atoms with E-state index in [9.17, 15) is 4.79 Å². The van der Waals surface area contributed by atoms with E-state index in [1.807, 2.05) is 0 Å². The lowest BCUT2D eigenvalue weighted by atomic mass is 10.1. The molecule has 0 fully saturated rings. The van der Waals surface area contributed by atoms with Gasteiger partial charge in [0.25, 0.3) is 0 Å². The number of hydrogen-bond donors (Lipinski definition) is 2. The van der Waals surface area contributed by atoms with Crippen LogP contribution in [-0.2, 0) is 0 Å². The van der Waals surface area contributed by atoms with Crippen LogP contribution >= 0.6 is 11.3 Å². The van der Waals surface area contributed by atoms with E-state index in [1.54, 1.807) is 5.38 Å². The molecule has 4 heteroatoms. The monoisotopic (exact) mass is 198 g/mol. The first-order valence-corrected chi connectivity index (χ1v) is 5.20. The summed E-state index contributed by atoms with van der Waals surface area (Å²) < 4.78 is 0. The van der Waals surface area contributed by atoms with Gasteiger partial charge in [0.05, 0.1) is 11.3 Å². The Morgan fingerprint density at radius 3 is 2.69 bits per heavy atom. The highest BCUT2D eigenvalue weighted by Crippen LogP contribution is 2.28. The van der Waals surface area contributed by atoms with Gasteiger partial charge in [0.15, 0.2) is 5.78 Å². The lowest BCUT2D eigenvalue weighted by Gasteiger charge is -1.98. The average Bonchev–Trinajstić information content (AvgIpc) is 2.44. The summed E-state index contributed by atoms with van der Waals surface area (Å²) in [5.41, 5.74) is 12.2. The summed E-state index contributed by atoms with van der Waals surface area (Å²) >= 11 is 1.32. The third kappa shape index (κ3) is 2.21. The molecule has 0 atom stereocenters. The normalized spacial score (nSPS) is 10.2.